The molecule has 0 aliphatic heterocycles. The molecule has 0 aliphatic rings. The first-order valence-electron chi connectivity index (χ1n) is 5.95. The second-order valence-corrected chi connectivity index (χ2v) is 5.73. The highest BCUT2D eigenvalue weighted by Gasteiger charge is 2.31. The van der Waals surface area contributed by atoms with Crippen LogP contribution in [-0.4, -0.2) is 44.2 Å². The van der Waals surface area contributed by atoms with Gasteiger partial charge in [-0.3, -0.25) is 9.59 Å². The van der Waals surface area contributed by atoms with E-state index in [0.29, 0.717) is 15.8 Å². The Bertz CT molecular complexity index is 777. The maximum absolute atomic E-state index is 12.1. The first-order chi connectivity index (χ1) is 9.74. The quantitative estimate of drug-likeness (QED) is 0.621. The van der Waals surface area contributed by atoms with Crippen LogP contribution in [0.25, 0.3) is 10.2 Å². The minimum Gasteiger partial charge on any atom is -0.479 e. The van der Waals surface area contributed by atoms with Gasteiger partial charge in [-0.05, 0) is 19.4 Å². The average Bonchev–Trinajstić information content (AvgIpc) is 2.75. The number of rotatable bonds is 4. The van der Waals surface area contributed by atoms with Crippen molar-refractivity contribution in [1.82, 2.24) is 15.3 Å². The largest absolute Gasteiger partial charge is 0.479 e. The van der Waals surface area contributed by atoms with Gasteiger partial charge < -0.3 is 20.5 Å². The normalized spacial score (nSPS) is 13.9. The molecule has 2 heterocycles. The maximum Gasteiger partial charge on any atom is 0.337 e. The van der Waals surface area contributed by atoms with E-state index in [-0.39, 0.29) is 10.4 Å². The van der Waals surface area contributed by atoms with Crippen LogP contribution in [0.4, 0.5) is 0 Å². The number of thiophene rings is 1. The Labute approximate surface area is 122 Å². The van der Waals surface area contributed by atoms with Crippen LogP contribution in [0, 0.1) is 6.92 Å². The van der Waals surface area contributed by atoms with Gasteiger partial charge in [0.1, 0.15) is 4.83 Å². The van der Waals surface area contributed by atoms with Crippen molar-refractivity contribution in [3.8, 4) is 0 Å². The number of carboxylic acids is 1. The second-order valence-electron chi connectivity index (χ2n) is 4.73. The lowest BCUT2D eigenvalue weighted by Gasteiger charge is -2.18. The molecule has 9 heteroatoms. The molecule has 2 aromatic heterocycles. The molecule has 0 aromatic carbocycles. The number of nitrogens with zero attached hydrogens (tertiary/aromatic N) is 1. The van der Waals surface area contributed by atoms with Crippen molar-refractivity contribution >= 4 is 33.4 Å². The number of nitrogens with one attached hydrogen (secondary N) is 2. The van der Waals surface area contributed by atoms with E-state index in [1.165, 1.54) is 6.33 Å². The number of aliphatic hydroxyl groups is 1. The van der Waals surface area contributed by atoms with E-state index in [1.807, 2.05) is 0 Å². The van der Waals surface area contributed by atoms with Crippen LogP contribution in [0.2, 0.25) is 0 Å². The molecular weight excluding hydrogens is 298 g/mol. The standard InChI is InChI=1S/C12H13N3O5S/c1-5-6-8(16)14-4-15-10(6)21-7(5)9(17)13-3-12(2,20)11(18)19/h4,20H,3H2,1-2H3,(H,13,17)(H,18,19)(H,14,15,16). The van der Waals surface area contributed by atoms with Gasteiger partial charge in [-0.25, -0.2) is 9.78 Å². The SMILES string of the molecule is Cc1c(C(=O)NCC(C)(O)C(=O)O)sc2nc[nH]c(=O)c12. The van der Waals surface area contributed by atoms with Gasteiger partial charge in [0.25, 0.3) is 11.5 Å². The summed E-state index contributed by atoms with van der Waals surface area (Å²) in [6.45, 7) is 2.25. The number of hydrogen-bond donors (Lipinski definition) is 4. The lowest BCUT2D eigenvalue weighted by atomic mass is 10.1. The topological polar surface area (TPSA) is 132 Å². The van der Waals surface area contributed by atoms with Gasteiger partial charge in [0.05, 0.1) is 23.1 Å². The highest BCUT2D eigenvalue weighted by molar-refractivity contribution is 7.20. The number of hydrogen-bond acceptors (Lipinski definition) is 6. The molecule has 0 fully saturated rings. The highest BCUT2D eigenvalue weighted by atomic mass is 32.1. The van der Waals surface area contributed by atoms with Gasteiger partial charge in [0, 0.05) is 0 Å². The Morgan fingerprint density at radius 2 is 2.19 bits per heavy atom. The van der Waals surface area contributed by atoms with E-state index in [2.05, 4.69) is 15.3 Å². The molecule has 0 aliphatic carbocycles. The Morgan fingerprint density at radius 1 is 1.52 bits per heavy atom. The summed E-state index contributed by atoms with van der Waals surface area (Å²) < 4.78 is 0. The lowest BCUT2D eigenvalue weighted by Crippen LogP contribution is -2.46. The first-order valence-corrected chi connectivity index (χ1v) is 6.76. The first kappa shape index (κ1) is 15.1. The number of aliphatic carboxylic acids is 1. The van der Waals surface area contributed by atoms with Crippen LogP contribution in [-0.2, 0) is 4.79 Å². The van der Waals surface area contributed by atoms with E-state index >= 15 is 0 Å². The van der Waals surface area contributed by atoms with Gasteiger partial charge in [-0.15, -0.1) is 11.3 Å². The molecule has 0 saturated heterocycles. The van der Waals surface area contributed by atoms with Crippen molar-refractivity contribution in [2.24, 2.45) is 0 Å². The van der Waals surface area contributed by atoms with E-state index in [1.54, 1.807) is 6.92 Å². The number of carbonyl (C=O) groups is 2. The fraction of sp³-hybridized carbons (Fsp3) is 0.333. The van der Waals surface area contributed by atoms with E-state index < -0.39 is 24.0 Å². The molecule has 2 aromatic rings. The predicted molar refractivity (Wildman–Crippen MR) is 75.6 cm³/mol. The number of amides is 1. The van der Waals surface area contributed by atoms with Crippen molar-refractivity contribution in [2.45, 2.75) is 19.4 Å². The smallest absolute Gasteiger partial charge is 0.337 e. The van der Waals surface area contributed by atoms with Gasteiger partial charge in [0.15, 0.2) is 5.60 Å². The van der Waals surface area contributed by atoms with Crippen LogP contribution >= 0.6 is 11.3 Å². The number of carbonyl (C=O) groups excluding carboxylic acids is 1. The summed E-state index contributed by atoms with van der Waals surface area (Å²) in [6.07, 6.45) is 1.25. The van der Waals surface area contributed by atoms with Gasteiger partial charge in [-0.2, -0.15) is 0 Å². The third-order valence-corrected chi connectivity index (χ3v) is 4.19. The van der Waals surface area contributed by atoms with Crippen molar-refractivity contribution in [3.05, 3.63) is 27.1 Å². The van der Waals surface area contributed by atoms with Gasteiger partial charge in [0.2, 0.25) is 0 Å². The third-order valence-electron chi connectivity index (χ3n) is 2.99. The van der Waals surface area contributed by atoms with Crippen LogP contribution in [0.3, 0.4) is 0 Å². The fourth-order valence-electron chi connectivity index (χ4n) is 1.70. The zero-order chi connectivity index (χ0) is 15.8. The Morgan fingerprint density at radius 3 is 2.76 bits per heavy atom. The molecule has 1 unspecified atom stereocenters. The Balaban J connectivity index is 2.29. The third kappa shape index (κ3) is 2.78. The monoisotopic (exact) mass is 311 g/mol. The van der Waals surface area contributed by atoms with Gasteiger partial charge >= 0.3 is 5.97 Å². The Kier molecular flexibility index (Phi) is 3.79. The molecule has 21 heavy (non-hydrogen) atoms. The number of fused-ring (bicyclic) bond motifs is 1. The van der Waals surface area contributed by atoms with E-state index in [4.69, 9.17) is 5.11 Å². The minimum atomic E-state index is -2.06. The molecule has 8 nitrogen and oxygen atoms in total. The number of H-pyrrole nitrogens is 1. The molecule has 1 amide bonds. The zero-order valence-corrected chi connectivity index (χ0v) is 12.1. The summed E-state index contributed by atoms with van der Waals surface area (Å²) in [4.78, 5) is 41.6. The molecule has 0 bridgehead atoms. The van der Waals surface area contributed by atoms with Crippen molar-refractivity contribution in [1.29, 1.82) is 0 Å². The summed E-state index contributed by atoms with van der Waals surface area (Å²) >= 11 is 1.03. The van der Waals surface area contributed by atoms with Crippen LogP contribution < -0.4 is 10.9 Å². The summed E-state index contributed by atoms with van der Waals surface area (Å²) in [6, 6.07) is 0. The summed E-state index contributed by atoms with van der Waals surface area (Å²) in [7, 11) is 0. The van der Waals surface area contributed by atoms with Crippen LogP contribution in [0.15, 0.2) is 11.1 Å². The summed E-state index contributed by atoms with van der Waals surface area (Å²) in [5, 5.41) is 21.0. The Hall–Kier alpha value is -2.26. The van der Waals surface area contributed by atoms with Crippen LogP contribution in [0.1, 0.15) is 22.2 Å². The van der Waals surface area contributed by atoms with Crippen molar-refractivity contribution < 1.29 is 19.8 Å². The predicted octanol–water partition coefficient (Wildman–Crippen LogP) is -0.142. The zero-order valence-electron chi connectivity index (χ0n) is 11.3. The number of aromatic amines is 1. The van der Waals surface area contributed by atoms with Crippen molar-refractivity contribution in [3.63, 3.8) is 0 Å². The maximum atomic E-state index is 12.1. The fourth-order valence-corrected chi connectivity index (χ4v) is 2.77. The molecule has 112 valence electrons. The summed E-state index contributed by atoms with van der Waals surface area (Å²) in [5.41, 5.74) is -1.93. The van der Waals surface area contributed by atoms with E-state index in [9.17, 15) is 19.5 Å². The number of carboxylic acid groups (broad SMARTS) is 1. The van der Waals surface area contributed by atoms with E-state index in [0.717, 1.165) is 18.3 Å². The molecule has 0 saturated carbocycles. The molecular formula is C12H13N3O5S. The number of aryl methyl sites for hydroxylation is 1. The van der Waals surface area contributed by atoms with Crippen LogP contribution in [0.5, 0.6) is 0 Å². The molecule has 4 N–H and O–H groups in total. The second kappa shape index (κ2) is 5.26. The summed E-state index contributed by atoms with van der Waals surface area (Å²) in [5.74, 6) is -2.00. The lowest BCUT2D eigenvalue weighted by molar-refractivity contribution is -0.155. The molecule has 2 rings (SSSR count). The van der Waals surface area contributed by atoms with Crippen molar-refractivity contribution in [2.75, 3.05) is 6.54 Å². The molecule has 0 radical (unpaired) electrons. The average molecular weight is 311 g/mol. The minimum absolute atomic E-state index is 0.260. The highest BCUT2D eigenvalue weighted by Crippen LogP contribution is 2.26. The molecule has 0 spiro atoms. The number of aromatic nitrogens is 2. The molecule has 1 atom stereocenters. The van der Waals surface area contributed by atoms with Gasteiger partial charge in [-0.1, -0.05) is 0 Å².